The Morgan fingerprint density at radius 3 is 2.57 bits per heavy atom. The van der Waals surface area contributed by atoms with E-state index in [0.29, 0.717) is 19.8 Å². The van der Waals surface area contributed by atoms with Crippen LogP contribution in [-0.2, 0) is 25.5 Å². The quantitative estimate of drug-likeness (QED) is 0.649. The molecule has 37 heavy (non-hydrogen) atoms. The van der Waals surface area contributed by atoms with E-state index >= 15 is 0 Å². The lowest BCUT2D eigenvalue weighted by molar-refractivity contribution is -0.144. The number of pyridine rings is 1. The molecule has 8 nitrogen and oxygen atoms in total. The molecule has 1 aromatic carbocycles. The molecule has 2 saturated heterocycles. The fourth-order valence-electron chi connectivity index (χ4n) is 6.10. The van der Waals surface area contributed by atoms with Gasteiger partial charge in [0.1, 0.15) is 5.82 Å². The van der Waals surface area contributed by atoms with E-state index in [-0.39, 0.29) is 35.7 Å². The lowest BCUT2D eigenvalue weighted by atomic mass is 9.86. The van der Waals surface area contributed by atoms with Crippen molar-refractivity contribution in [2.75, 3.05) is 41.4 Å². The SMILES string of the molecule is CC(C)(C)O[C@H]1CC[C@H](C(=O)N2Cc3cccnc3Nc3ccc(N4CC5COCC(C4)O5)cc32)CC1. The zero-order valence-corrected chi connectivity index (χ0v) is 22.1. The monoisotopic (exact) mass is 506 g/mol. The first-order valence-electron chi connectivity index (χ1n) is 13.6. The average Bonchev–Trinajstić information content (AvgIpc) is 3.04. The van der Waals surface area contributed by atoms with E-state index in [9.17, 15) is 4.79 Å². The van der Waals surface area contributed by atoms with Gasteiger partial charge in [-0.3, -0.25) is 4.79 Å². The highest BCUT2D eigenvalue weighted by Gasteiger charge is 2.36. The first-order valence-corrected chi connectivity index (χ1v) is 13.6. The Balaban J connectivity index is 1.28. The van der Waals surface area contributed by atoms with Crippen LogP contribution >= 0.6 is 0 Å². The largest absolute Gasteiger partial charge is 0.376 e. The van der Waals surface area contributed by atoms with Crippen LogP contribution in [0.2, 0.25) is 0 Å². The lowest BCUT2D eigenvalue weighted by Gasteiger charge is -2.42. The molecule has 3 fully saturated rings. The highest BCUT2D eigenvalue weighted by atomic mass is 16.6. The molecule has 1 N–H and O–H groups in total. The maximum atomic E-state index is 14.1. The molecular formula is C29H38N4O4. The van der Waals surface area contributed by atoms with Crippen LogP contribution in [0.1, 0.15) is 52.0 Å². The van der Waals surface area contributed by atoms with Gasteiger partial charge in [-0.25, -0.2) is 4.98 Å². The number of nitrogens with zero attached hydrogens (tertiary/aromatic N) is 3. The molecule has 4 heterocycles. The number of benzene rings is 1. The van der Waals surface area contributed by atoms with Gasteiger partial charge in [-0.2, -0.15) is 0 Å². The maximum Gasteiger partial charge on any atom is 0.230 e. The Labute approximate surface area is 219 Å². The maximum absolute atomic E-state index is 14.1. The first kappa shape index (κ1) is 24.6. The normalized spacial score (nSPS) is 27.5. The van der Waals surface area contributed by atoms with E-state index in [0.717, 1.165) is 67.2 Å². The summed E-state index contributed by atoms with van der Waals surface area (Å²) < 4.78 is 18.0. The van der Waals surface area contributed by atoms with Crippen molar-refractivity contribution in [2.24, 2.45) is 5.92 Å². The molecule has 3 aliphatic heterocycles. The minimum atomic E-state index is -0.159. The molecule has 1 amide bonds. The second-order valence-corrected chi connectivity index (χ2v) is 11.8. The Hall–Kier alpha value is -2.68. The number of anilines is 4. The Morgan fingerprint density at radius 2 is 1.84 bits per heavy atom. The highest BCUT2D eigenvalue weighted by Crippen LogP contribution is 2.40. The number of hydrogen-bond acceptors (Lipinski definition) is 7. The van der Waals surface area contributed by atoms with Crippen molar-refractivity contribution in [3.63, 3.8) is 0 Å². The second kappa shape index (κ2) is 9.89. The number of carbonyl (C=O) groups is 1. The number of hydrogen-bond donors (Lipinski definition) is 1. The zero-order chi connectivity index (χ0) is 25.6. The molecule has 1 aromatic heterocycles. The molecule has 0 radical (unpaired) electrons. The van der Waals surface area contributed by atoms with Gasteiger partial charge in [0.25, 0.3) is 0 Å². The number of ether oxygens (including phenoxy) is 3. The second-order valence-electron chi connectivity index (χ2n) is 11.8. The van der Waals surface area contributed by atoms with Gasteiger partial charge in [0.15, 0.2) is 0 Å². The molecule has 2 atom stereocenters. The standard InChI is InChI=1S/C29H38N4O4/c1-29(2,3)37-22-9-6-19(7-10-22)28(34)33-14-20-5-4-12-30-27(20)31-25-11-8-21(13-26(25)33)32-15-23-17-35-18-24(16-32)36-23/h4-5,8,11-13,19,22-24H,6-7,9-10,14-18H2,1-3H3,(H,30,31)/t19-,22-,23?,24?. The minimum absolute atomic E-state index is 0.00515. The Kier molecular flexibility index (Phi) is 6.59. The summed E-state index contributed by atoms with van der Waals surface area (Å²) in [6, 6.07) is 10.4. The number of aromatic nitrogens is 1. The summed E-state index contributed by atoms with van der Waals surface area (Å²) in [5.74, 6) is 1.000. The fraction of sp³-hybridized carbons (Fsp3) is 0.586. The van der Waals surface area contributed by atoms with Gasteiger partial charge in [-0.1, -0.05) is 6.07 Å². The molecule has 1 saturated carbocycles. The van der Waals surface area contributed by atoms with Crippen molar-refractivity contribution < 1.29 is 19.0 Å². The van der Waals surface area contributed by atoms with Crippen molar-refractivity contribution in [1.82, 2.24) is 4.98 Å². The van der Waals surface area contributed by atoms with E-state index in [1.165, 1.54) is 0 Å². The van der Waals surface area contributed by atoms with Crippen LogP contribution in [0.5, 0.6) is 0 Å². The van der Waals surface area contributed by atoms with E-state index in [1.54, 1.807) is 6.20 Å². The van der Waals surface area contributed by atoms with Crippen molar-refractivity contribution in [3.8, 4) is 0 Å². The van der Waals surface area contributed by atoms with Crippen molar-refractivity contribution in [1.29, 1.82) is 0 Å². The number of fused-ring (bicyclic) bond motifs is 4. The van der Waals surface area contributed by atoms with Gasteiger partial charge in [0, 0.05) is 36.5 Å². The molecule has 2 unspecified atom stereocenters. The number of carbonyl (C=O) groups excluding carboxylic acids is 1. The molecule has 2 bridgehead atoms. The highest BCUT2D eigenvalue weighted by molar-refractivity contribution is 6.00. The molecule has 8 heteroatoms. The van der Waals surface area contributed by atoms with Crippen molar-refractivity contribution >= 4 is 28.8 Å². The molecule has 6 rings (SSSR count). The smallest absolute Gasteiger partial charge is 0.230 e. The molecule has 4 aliphatic rings. The van der Waals surface area contributed by atoms with E-state index in [4.69, 9.17) is 14.2 Å². The van der Waals surface area contributed by atoms with Gasteiger partial charge < -0.3 is 29.3 Å². The van der Waals surface area contributed by atoms with Crippen LogP contribution in [0.15, 0.2) is 36.5 Å². The Morgan fingerprint density at radius 1 is 1.08 bits per heavy atom. The summed E-state index contributed by atoms with van der Waals surface area (Å²) in [7, 11) is 0. The summed E-state index contributed by atoms with van der Waals surface area (Å²) >= 11 is 0. The Bertz CT molecular complexity index is 1130. The third-order valence-corrected chi connectivity index (χ3v) is 7.76. The summed E-state index contributed by atoms with van der Waals surface area (Å²) in [6.07, 6.45) is 5.73. The van der Waals surface area contributed by atoms with Gasteiger partial charge in [-0.15, -0.1) is 0 Å². The average molecular weight is 507 g/mol. The fourth-order valence-corrected chi connectivity index (χ4v) is 6.10. The molecule has 2 aromatic rings. The van der Waals surface area contributed by atoms with Crippen LogP contribution in [0.25, 0.3) is 0 Å². The van der Waals surface area contributed by atoms with E-state index in [1.807, 2.05) is 11.0 Å². The molecule has 0 spiro atoms. The van der Waals surface area contributed by atoms with Crippen LogP contribution in [0.4, 0.5) is 22.9 Å². The lowest BCUT2D eigenvalue weighted by Crippen LogP contribution is -2.54. The number of amides is 1. The number of nitrogens with one attached hydrogen (secondary N) is 1. The van der Waals surface area contributed by atoms with Gasteiger partial charge >= 0.3 is 0 Å². The first-order chi connectivity index (χ1) is 17.8. The van der Waals surface area contributed by atoms with Crippen molar-refractivity contribution in [3.05, 3.63) is 42.1 Å². The van der Waals surface area contributed by atoms with Gasteiger partial charge in [-0.05, 0) is 70.7 Å². The molecule has 1 aliphatic carbocycles. The van der Waals surface area contributed by atoms with Crippen LogP contribution in [-0.4, -0.2) is 61.1 Å². The van der Waals surface area contributed by atoms with Crippen LogP contribution < -0.4 is 15.1 Å². The summed E-state index contributed by atoms with van der Waals surface area (Å²) in [5.41, 5.74) is 3.81. The van der Waals surface area contributed by atoms with E-state index < -0.39 is 0 Å². The van der Waals surface area contributed by atoms with Crippen LogP contribution in [0.3, 0.4) is 0 Å². The predicted molar refractivity (Wildman–Crippen MR) is 143 cm³/mol. The summed E-state index contributed by atoms with van der Waals surface area (Å²) in [6.45, 7) is 9.65. The van der Waals surface area contributed by atoms with Crippen LogP contribution in [0, 0.1) is 5.92 Å². The topological polar surface area (TPSA) is 76.2 Å². The van der Waals surface area contributed by atoms with E-state index in [2.05, 4.69) is 60.2 Å². The predicted octanol–water partition coefficient (Wildman–Crippen LogP) is 4.65. The number of rotatable bonds is 3. The summed E-state index contributed by atoms with van der Waals surface area (Å²) in [4.78, 5) is 23.0. The number of morpholine rings is 1. The minimum Gasteiger partial charge on any atom is -0.376 e. The third-order valence-electron chi connectivity index (χ3n) is 7.76. The van der Waals surface area contributed by atoms with Gasteiger partial charge in [0.2, 0.25) is 5.91 Å². The third kappa shape index (κ3) is 5.33. The molecular weight excluding hydrogens is 468 g/mol. The zero-order valence-electron chi connectivity index (χ0n) is 22.1. The van der Waals surface area contributed by atoms with Crippen molar-refractivity contribution in [2.45, 2.75) is 76.9 Å². The summed E-state index contributed by atoms with van der Waals surface area (Å²) in [5, 5.41) is 3.51. The molecule has 198 valence electrons. The van der Waals surface area contributed by atoms with Gasteiger partial charge in [0.05, 0.1) is 55.0 Å².